The van der Waals surface area contributed by atoms with E-state index < -0.39 is 33.9 Å². The number of nitrogens with one attached hydrogen (secondary N) is 1. The first-order valence-corrected chi connectivity index (χ1v) is 19.2. The van der Waals surface area contributed by atoms with Gasteiger partial charge in [0.15, 0.2) is 12.8 Å². The van der Waals surface area contributed by atoms with Gasteiger partial charge in [-0.3, -0.25) is 19.3 Å². The van der Waals surface area contributed by atoms with Crippen LogP contribution in [-0.2, 0) is 59.9 Å². The Morgan fingerprint density at radius 2 is 1.93 bits per heavy atom. The van der Waals surface area contributed by atoms with E-state index in [2.05, 4.69) is 5.32 Å². The number of nitrogens with zero attached hydrogens (tertiary/aromatic N) is 4. The number of pyridine rings is 2. The fraction of sp³-hybridized carbons (Fsp3) is 0.351. The Kier molecular flexibility index (Phi) is 11.1. The molecule has 0 saturated heterocycles. The molecule has 0 bridgehead atoms. The Labute approximate surface area is 315 Å². The van der Waals surface area contributed by atoms with E-state index in [9.17, 15) is 37.5 Å². The molecule has 6 rings (SSSR count). The van der Waals surface area contributed by atoms with Crippen LogP contribution in [0.25, 0.3) is 22.3 Å². The van der Waals surface area contributed by atoms with E-state index in [0.29, 0.717) is 52.5 Å². The summed E-state index contributed by atoms with van der Waals surface area (Å²) in [6.07, 6.45) is -0.284. The van der Waals surface area contributed by atoms with Crippen LogP contribution in [0.15, 0.2) is 47.3 Å². The summed E-state index contributed by atoms with van der Waals surface area (Å²) >= 11 is 0. The van der Waals surface area contributed by atoms with Crippen molar-refractivity contribution in [3.63, 3.8) is 0 Å². The fourth-order valence-electron chi connectivity index (χ4n) is 6.45. The van der Waals surface area contributed by atoms with Crippen LogP contribution in [0.3, 0.4) is 0 Å². The molecule has 55 heavy (non-hydrogen) atoms. The Morgan fingerprint density at radius 1 is 1.15 bits per heavy atom. The number of aromatic nitrogens is 2. The first-order chi connectivity index (χ1) is 26.2. The van der Waals surface area contributed by atoms with Gasteiger partial charge in [-0.2, -0.15) is 0 Å². The number of carbonyl (C=O) groups is 4. The zero-order valence-electron chi connectivity index (χ0n) is 30.5. The van der Waals surface area contributed by atoms with E-state index in [1.54, 1.807) is 47.0 Å². The lowest BCUT2D eigenvalue weighted by Gasteiger charge is -2.22. The molecule has 0 aliphatic carbocycles. The monoisotopic (exact) mass is 777 g/mol. The van der Waals surface area contributed by atoms with Gasteiger partial charge in [0, 0.05) is 36.4 Å². The number of cyclic esters (lactones) is 1. The summed E-state index contributed by atoms with van der Waals surface area (Å²) in [6.45, 7) is 0.947. The summed E-state index contributed by atoms with van der Waals surface area (Å²) in [7, 11) is -0.599. The number of carbonyl (C=O) groups excluding carboxylic acids is 4. The normalized spacial score (nSPS) is 14.3. The number of rotatable bonds is 14. The van der Waals surface area contributed by atoms with E-state index in [1.165, 1.54) is 14.2 Å². The summed E-state index contributed by atoms with van der Waals surface area (Å²) in [5, 5.41) is 13.9. The molecule has 0 spiro atoms. The topological polar surface area (TPSA) is 213 Å². The van der Waals surface area contributed by atoms with Crippen molar-refractivity contribution in [1.29, 1.82) is 0 Å². The largest absolute Gasteiger partial charge is 0.495 e. The van der Waals surface area contributed by atoms with E-state index >= 15 is 0 Å². The van der Waals surface area contributed by atoms with Crippen LogP contribution in [0, 0.1) is 0 Å². The van der Waals surface area contributed by atoms with Crippen molar-refractivity contribution in [3.8, 4) is 22.9 Å². The highest BCUT2D eigenvalue weighted by Gasteiger charge is 2.34. The first-order valence-electron chi connectivity index (χ1n) is 17.1. The Bertz CT molecular complexity index is 2380. The number of sulfone groups is 1. The predicted molar refractivity (Wildman–Crippen MR) is 197 cm³/mol. The van der Waals surface area contributed by atoms with Crippen LogP contribution in [0.4, 0.5) is 10.5 Å². The number of aryl methyl sites for hydroxylation is 1. The number of aliphatic hydroxyl groups excluding tert-OH is 1. The lowest BCUT2D eigenvalue weighted by Crippen LogP contribution is -2.38. The minimum Gasteiger partial charge on any atom is -0.495 e. The number of hydrogen-bond donors (Lipinski definition) is 2. The molecule has 2 aliphatic heterocycles. The average Bonchev–Trinajstić information content (AvgIpc) is 3.52. The Balaban J connectivity index is 1.20. The van der Waals surface area contributed by atoms with Crippen LogP contribution < -0.4 is 20.3 Å². The lowest BCUT2D eigenvalue weighted by molar-refractivity contribution is -0.157. The molecule has 1 atom stereocenters. The van der Waals surface area contributed by atoms with Crippen molar-refractivity contribution in [2.75, 3.05) is 51.3 Å². The number of esters is 1. The second-order valence-electron chi connectivity index (χ2n) is 13.1. The molecule has 290 valence electrons. The van der Waals surface area contributed by atoms with Gasteiger partial charge < -0.3 is 38.8 Å². The van der Waals surface area contributed by atoms with Gasteiger partial charge >= 0.3 is 12.1 Å². The molecule has 0 fully saturated rings. The van der Waals surface area contributed by atoms with Gasteiger partial charge in [-0.15, -0.1) is 0 Å². The summed E-state index contributed by atoms with van der Waals surface area (Å²) in [6, 6.07) is 11.5. The predicted octanol–water partition coefficient (Wildman–Crippen LogP) is 2.13. The number of fused-ring (bicyclic) bond motifs is 5. The zero-order chi connectivity index (χ0) is 39.6. The number of ether oxygens (including phenoxy) is 4. The fourth-order valence-corrected chi connectivity index (χ4v) is 7.00. The quantitative estimate of drug-likeness (QED) is 0.0941. The summed E-state index contributed by atoms with van der Waals surface area (Å²) < 4.78 is 47.5. The van der Waals surface area contributed by atoms with E-state index in [4.69, 9.17) is 23.9 Å². The van der Waals surface area contributed by atoms with Crippen LogP contribution in [0.2, 0.25) is 0 Å². The molecule has 1 unspecified atom stereocenters. The van der Waals surface area contributed by atoms with Gasteiger partial charge in [0.05, 0.1) is 54.1 Å². The summed E-state index contributed by atoms with van der Waals surface area (Å²) in [5.74, 6) is -0.944. The molecule has 2 aliphatic rings. The maximum Gasteiger partial charge on any atom is 0.412 e. The Morgan fingerprint density at radius 3 is 2.64 bits per heavy atom. The van der Waals surface area contributed by atoms with Gasteiger partial charge in [0.2, 0.25) is 12.3 Å². The average molecular weight is 778 g/mol. The van der Waals surface area contributed by atoms with Gasteiger partial charge in [-0.25, -0.2) is 23.0 Å². The standard InChI is InChI=1S/C37H39N5O12S/c1-5-23-24-13-22(7-8-28(24)39-33-26(23)15-42-30(33)14-25-27(35(42)46)18-52-36(47)34(25)45)54-20-41(10-11-55(4,49)50)37(48)53-17-21-6-9-31(51-3)29(12-21)38-32(44)16-40(2)19-43/h6-9,12-14,19,34,45H,5,10-11,15-18,20H2,1-4H3,(H,38,44). The Hall–Kier alpha value is -6.01. The van der Waals surface area contributed by atoms with Crippen molar-refractivity contribution in [1.82, 2.24) is 19.4 Å². The lowest BCUT2D eigenvalue weighted by atomic mass is 9.97. The second-order valence-corrected chi connectivity index (χ2v) is 15.4. The van der Waals surface area contributed by atoms with Crippen LogP contribution in [-0.4, -0.2) is 103 Å². The molecule has 0 radical (unpaired) electrons. The molecular formula is C37H39N5O12S. The third-order valence-electron chi connectivity index (χ3n) is 9.25. The zero-order valence-corrected chi connectivity index (χ0v) is 31.3. The van der Waals surface area contributed by atoms with Gasteiger partial charge in [0.1, 0.15) is 34.6 Å². The third kappa shape index (κ3) is 8.24. The summed E-state index contributed by atoms with van der Waals surface area (Å²) in [5.41, 5.74) is 4.20. The number of benzene rings is 2. The third-order valence-corrected chi connectivity index (χ3v) is 10.2. The maximum absolute atomic E-state index is 13.4. The van der Waals surface area contributed by atoms with Gasteiger partial charge in [-0.05, 0) is 53.9 Å². The van der Waals surface area contributed by atoms with E-state index in [1.807, 2.05) is 6.92 Å². The highest BCUT2D eigenvalue weighted by Crippen LogP contribution is 2.39. The molecule has 2 aromatic carbocycles. The smallest absolute Gasteiger partial charge is 0.412 e. The molecule has 2 N–H and O–H groups in total. The number of hydrogen-bond acceptors (Lipinski definition) is 13. The van der Waals surface area contributed by atoms with E-state index in [-0.39, 0.29) is 62.0 Å². The SMILES string of the molecule is CCc1c2c(nc3ccc(OCN(CCS(C)(=O)=O)C(=O)OCc4ccc(OC)c(NC(=O)CN(C)C=O)c4)cc13)-c1cc3c(c(=O)n1C2)COC(=O)C3O. The molecular weight excluding hydrogens is 738 g/mol. The molecule has 3 amide bonds. The highest BCUT2D eigenvalue weighted by atomic mass is 32.2. The van der Waals surface area contributed by atoms with Crippen LogP contribution >= 0.6 is 0 Å². The summed E-state index contributed by atoms with van der Waals surface area (Å²) in [4.78, 5) is 69.2. The van der Waals surface area contributed by atoms with Gasteiger partial charge in [0.25, 0.3) is 5.56 Å². The number of likely N-dealkylation sites (N-methyl/N-ethyl adjacent to an activating group) is 1. The number of aliphatic hydroxyl groups is 1. The minimum absolute atomic E-state index is 0.194. The molecule has 0 saturated carbocycles. The van der Waals surface area contributed by atoms with Crippen LogP contribution in [0.1, 0.15) is 40.8 Å². The van der Waals surface area contributed by atoms with Gasteiger partial charge in [-0.1, -0.05) is 13.0 Å². The molecule has 2 aromatic heterocycles. The van der Waals surface area contributed by atoms with Crippen molar-refractivity contribution in [3.05, 3.63) is 80.6 Å². The molecule has 17 nitrogen and oxygen atoms in total. The maximum atomic E-state index is 13.4. The van der Waals surface area contributed by atoms with Crippen molar-refractivity contribution in [2.24, 2.45) is 0 Å². The van der Waals surface area contributed by atoms with Crippen molar-refractivity contribution >= 4 is 50.8 Å². The number of anilines is 1. The highest BCUT2D eigenvalue weighted by molar-refractivity contribution is 7.90. The van der Waals surface area contributed by atoms with Crippen molar-refractivity contribution in [2.45, 2.75) is 39.2 Å². The number of amides is 3. The molecule has 4 heterocycles. The first kappa shape index (κ1) is 38.7. The van der Waals surface area contributed by atoms with Crippen LogP contribution in [0.5, 0.6) is 11.5 Å². The number of methoxy groups -OCH3 is 1. The minimum atomic E-state index is -3.47. The van der Waals surface area contributed by atoms with E-state index in [0.717, 1.165) is 32.6 Å². The second kappa shape index (κ2) is 15.8. The molecule has 18 heteroatoms. The molecule has 4 aromatic rings. The van der Waals surface area contributed by atoms with Crippen molar-refractivity contribution < 1.29 is 51.6 Å².